The number of aromatic nitrogens is 2. The fourth-order valence-electron chi connectivity index (χ4n) is 1.15. The topological polar surface area (TPSA) is 44.1 Å². The summed E-state index contributed by atoms with van der Waals surface area (Å²) in [5.74, 6) is -0.166. The molecule has 4 nitrogen and oxygen atoms in total. The van der Waals surface area contributed by atoms with Crippen LogP contribution in [0.3, 0.4) is 0 Å². The van der Waals surface area contributed by atoms with E-state index in [1.807, 2.05) is 12.4 Å². The fraction of sp³-hybridized carbons (Fsp3) is 0.600. The normalized spacial score (nSPS) is 10.1. The van der Waals surface area contributed by atoms with Crippen molar-refractivity contribution in [2.45, 2.75) is 33.2 Å². The van der Waals surface area contributed by atoms with Crippen LogP contribution in [0.5, 0.6) is 0 Å². The lowest BCUT2D eigenvalue weighted by Gasteiger charge is -2.01. The van der Waals surface area contributed by atoms with Gasteiger partial charge in [0.15, 0.2) is 0 Å². The number of ether oxygens (including phenoxy) is 1. The molecule has 0 aliphatic rings. The van der Waals surface area contributed by atoms with Gasteiger partial charge in [-0.1, -0.05) is 6.92 Å². The molecule has 0 amide bonds. The van der Waals surface area contributed by atoms with Crippen LogP contribution >= 0.6 is 0 Å². The van der Waals surface area contributed by atoms with E-state index in [-0.39, 0.29) is 5.97 Å². The van der Waals surface area contributed by atoms with Crippen LogP contribution < -0.4 is 0 Å². The van der Waals surface area contributed by atoms with Crippen molar-refractivity contribution in [1.29, 1.82) is 0 Å². The SMILES string of the molecule is CCOC(=O)CCn1cc(CC)cn1. The number of nitrogens with zero attached hydrogens (tertiary/aromatic N) is 2. The van der Waals surface area contributed by atoms with Crippen molar-refractivity contribution in [2.24, 2.45) is 0 Å². The molecule has 0 fully saturated rings. The smallest absolute Gasteiger partial charge is 0.307 e. The molecule has 0 atom stereocenters. The first kappa shape index (κ1) is 10.8. The molecule has 4 heteroatoms. The van der Waals surface area contributed by atoms with Crippen molar-refractivity contribution in [3.05, 3.63) is 18.0 Å². The summed E-state index contributed by atoms with van der Waals surface area (Å²) >= 11 is 0. The van der Waals surface area contributed by atoms with Gasteiger partial charge in [0.1, 0.15) is 0 Å². The Bertz CT molecular complexity index is 294. The number of esters is 1. The monoisotopic (exact) mass is 196 g/mol. The number of rotatable bonds is 5. The average Bonchev–Trinajstić information content (AvgIpc) is 2.63. The molecule has 1 heterocycles. The predicted molar refractivity (Wildman–Crippen MR) is 52.9 cm³/mol. The van der Waals surface area contributed by atoms with Crippen molar-refractivity contribution in [3.63, 3.8) is 0 Å². The third kappa shape index (κ3) is 3.20. The van der Waals surface area contributed by atoms with Crippen LogP contribution in [0.15, 0.2) is 12.4 Å². The van der Waals surface area contributed by atoms with Gasteiger partial charge in [-0.05, 0) is 18.9 Å². The Balaban J connectivity index is 2.34. The maximum atomic E-state index is 11.0. The second-order valence-electron chi connectivity index (χ2n) is 3.02. The lowest BCUT2D eigenvalue weighted by molar-refractivity contribution is -0.143. The third-order valence-corrected chi connectivity index (χ3v) is 1.95. The number of carbonyl (C=O) groups excluding carboxylic acids is 1. The van der Waals surface area contributed by atoms with Gasteiger partial charge in [-0.15, -0.1) is 0 Å². The van der Waals surface area contributed by atoms with Gasteiger partial charge in [0, 0.05) is 6.20 Å². The van der Waals surface area contributed by atoms with Crippen LogP contribution in [0.1, 0.15) is 25.8 Å². The summed E-state index contributed by atoms with van der Waals surface area (Å²) in [6.45, 7) is 4.92. The highest BCUT2D eigenvalue weighted by molar-refractivity contribution is 5.69. The summed E-state index contributed by atoms with van der Waals surface area (Å²) in [4.78, 5) is 11.0. The Morgan fingerprint density at radius 1 is 1.57 bits per heavy atom. The minimum atomic E-state index is -0.166. The molecule has 78 valence electrons. The van der Waals surface area contributed by atoms with Gasteiger partial charge in [-0.3, -0.25) is 9.48 Å². The summed E-state index contributed by atoms with van der Waals surface area (Å²) in [7, 11) is 0. The number of hydrogen-bond donors (Lipinski definition) is 0. The summed E-state index contributed by atoms with van der Waals surface area (Å²) < 4.78 is 6.59. The Labute approximate surface area is 83.9 Å². The van der Waals surface area contributed by atoms with E-state index in [1.54, 1.807) is 11.6 Å². The quantitative estimate of drug-likeness (QED) is 0.668. The van der Waals surface area contributed by atoms with E-state index in [9.17, 15) is 4.79 Å². The second kappa shape index (κ2) is 5.42. The van der Waals surface area contributed by atoms with Gasteiger partial charge in [-0.2, -0.15) is 5.10 Å². The Hall–Kier alpha value is -1.32. The molecule has 0 saturated heterocycles. The molecule has 0 bridgehead atoms. The van der Waals surface area contributed by atoms with Gasteiger partial charge in [0.05, 0.1) is 25.8 Å². The molecule has 0 spiro atoms. The first-order chi connectivity index (χ1) is 6.76. The van der Waals surface area contributed by atoms with E-state index in [4.69, 9.17) is 4.74 Å². The van der Waals surface area contributed by atoms with E-state index in [2.05, 4.69) is 12.0 Å². The summed E-state index contributed by atoms with van der Waals surface area (Å²) in [5, 5.41) is 4.13. The van der Waals surface area contributed by atoms with Gasteiger partial charge >= 0.3 is 5.97 Å². The summed E-state index contributed by atoms with van der Waals surface area (Å²) in [6, 6.07) is 0. The van der Waals surface area contributed by atoms with Gasteiger partial charge in [0.2, 0.25) is 0 Å². The summed E-state index contributed by atoms with van der Waals surface area (Å²) in [5.41, 5.74) is 1.19. The molecule has 0 N–H and O–H groups in total. The molecule has 0 aromatic carbocycles. The zero-order valence-electron chi connectivity index (χ0n) is 8.69. The largest absolute Gasteiger partial charge is 0.466 e. The van der Waals surface area contributed by atoms with E-state index in [0.29, 0.717) is 19.6 Å². The molecular weight excluding hydrogens is 180 g/mol. The Morgan fingerprint density at radius 3 is 2.93 bits per heavy atom. The predicted octanol–water partition coefficient (Wildman–Crippen LogP) is 1.40. The highest BCUT2D eigenvalue weighted by Crippen LogP contribution is 1.99. The lowest BCUT2D eigenvalue weighted by atomic mass is 10.3. The fourth-order valence-corrected chi connectivity index (χ4v) is 1.15. The zero-order chi connectivity index (χ0) is 10.4. The molecule has 0 aliphatic carbocycles. The second-order valence-corrected chi connectivity index (χ2v) is 3.02. The van der Waals surface area contributed by atoms with Crippen LogP contribution in [-0.4, -0.2) is 22.4 Å². The van der Waals surface area contributed by atoms with Gasteiger partial charge in [-0.25, -0.2) is 0 Å². The van der Waals surface area contributed by atoms with E-state index in [0.717, 1.165) is 6.42 Å². The lowest BCUT2D eigenvalue weighted by Crippen LogP contribution is -2.09. The van der Waals surface area contributed by atoms with Crippen LogP contribution in [0.2, 0.25) is 0 Å². The Morgan fingerprint density at radius 2 is 2.36 bits per heavy atom. The van der Waals surface area contributed by atoms with Crippen LogP contribution in [0, 0.1) is 0 Å². The first-order valence-electron chi connectivity index (χ1n) is 4.93. The van der Waals surface area contributed by atoms with Crippen LogP contribution in [0.25, 0.3) is 0 Å². The summed E-state index contributed by atoms with van der Waals surface area (Å²) in [6.07, 6.45) is 5.14. The van der Waals surface area contributed by atoms with Crippen molar-refractivity contribution < 1.29 is 9.53 Å². The third-order valence-electron chi connectivity index (χ3n) is 1.95. The highest BCUT2D eigenvalue weighted by Gasteiger charge is 2.02. The molecule has 0 unspecified atom stereocenters. The number of aryl methyl sites for hydroxylation is 2. The Kier molecular flexibility index (Phi) is 4.16. The minimum Gasteiger partial charge on any atom is -0.466 e. The zero-order valence-corrected chi connectivity index (χ0v) is 8.69. The highest BCUT2D eigenvalue weighted by atomic mass is 16.5. The molecule has 14 heavy (non-hydrogen) atoms. The molecule has 0 radical (unpaired) electrons. The molecule has 0 aliphatic heterocycles. The molecular formula is C10H16N2O2. The molecule has 0 saturated carbocycles. The van der Waals surface area contributed by atoms with Crippen molar-refractivity contribution >= 4 is 5.97 Å². The van der Waals surface area contributed by atoms with Crippen molar-refractivity contribution in [1.82, 2.24) is 9.78 Å². The molecule has 1 aromatic rings. The van der Waals surface area contributed by atoms with Crippen molar-refractivity contribution in [2.75, 3.05) is 6.61 Å². The maximum absolute atomic E-state index is 11.0. The molecule has 1 rings (SSSR count). The van der Waals surface area contributed by atoms with E-state index in [1.165, 1.54) is 5.56 Å². The standard InChI is InChI=1S/C10H16N2O2/c1-3-9-7-11-12(8-9)6-5-10(13)14-4-2/h7-8H,3-6H2,1-2H3. The van der Waals surface area contributed by atoms with Crippen molar-refractivity contribution in [3.8, 4) is 0 Å². The number of carbonyl (C=O) groups is 1. The van der Waals surface area contributed by atoms with Crippen LogP contribution in [-0.2, 0) is 22.5 Å². The maximum Gasteiger partial charge on any atom is 0.307 e. The van der Waals surface area contributed by atoms with Gasteiger partial charge in [0.25, 0.3) is 0 Å². The minimum absolute atomic E-state index is 0.166. The van der Waals surface area contributed by atoms with Crippen LogP contribution in [0.4, 0.5) is 0 Å². The van der Waals surface area contributed by atoms with E-state index < -0.39 is 0 Å². The number of hydrogen-bond acceptors (Lipinski definition) is 3. The first-order valence-corrected chi connectivity index (χ1v) is 4.93. The average molecular weight is 196 g/mol. The molecule has 1 aromatic heterocycles. The van der Waals surface area contributed by atoms with Gasteiger partial charge < -0.3 is 4.74 Å². The van der Waals surface area contributed by atoms with E-state index >= 15 is 0 Å².